The van der Waals surface area contributed by atoms with Crippen LogP contribution in [0.2, 0.25) is 5.15 Å². The second-order valence-electron chi connectivity index (χ2n) is 11.8. The average molecular weight is 635 g/mol. The fraction of sp³-hybridized carbons (Fsp3) is 0.533. The molecule has 2 rings (SSSR count). The highest BCUT2D eigenvalue weighted by atomic mass is 35.5. The molecule has 2 aromatic rings. The zero-order valence-corrected chi connectivity index (χ0v) is 27.2. The van der Waals surface area contributed by atoms with Crippen molar-refractivity contribution in [1.82, 2.24) is 20.2 Å². The number of aromatic nitrogens is 2. The normalized spacial score (nSPS) is 12.0. The van der Waals surface area contributed by atoms with E-state index in [0.717, 1.165) is 5.56 Å². The van der Waals surface area contributed by atoms with Gasteiger partial charge in [-0.1, -0.05) is 41.9 Å². The third kappa shape index (κ3) is 14.0. The molecule has 0 spiro atoms. The lowest BCUT2D eigenvalue weighted by Gasteiger charge is -2.20. The van der Waals surface area contributed by atoms with Crippen LogP contribution in [-0.2, 0) is 32.0 Å². The molecule has 1 aromatic heterocycles. The number of ether oxygens (including phenoxy) is 3. The van der Waals surface area contributed by atoms with Gasteiger partial charge in [0.1, 0.15) is 23.6 Å². The molecular formula is C30H43ClN6O7. The summed E-state index contributed by atoms with van der Waals surface area (Å²) >= 11 is 6.25. The molecule has 0 aliphatic carbocycles. The molecule has 3 N–H and O–H groups in total. The largest absolute Gasteiger partial charge is 0.444 e. The lowest BCUT2D eigenvalue weighted by Crippen LogP contribution is -2.38. The van der Waals surface area contributed by atoms with E-state index in [1.54, 1.807) is 48.5 Å². The van der Waals surface area contributed by atoms with Crippen LogP contribution in [0.1, 0.15) is 59.2 Å². The number of aliphatic imine (C=N–C) groups is 1. The van der Waals surface area contributed by atoms with Gasteiger partial charge in [0.05, 0.1) is 18.9 Å². The topological polar surface area (TPSA) is 162 Å². The summed E-state index contributed by atoms with van der Waals surface area (Å²) in [6.45, 7) is 12.4. The van der Waals surface area contributed by atoms with E-state index in [0.29, 0.717) is 18.7 Å². The van der Waals surface area contributed by atoms with Crippen LogP contribution in [0.5, 0.6) is 0 Å². The number of halogens is 1. The minimum Gasteiger partial charge on any atom is -0.444 e. The Kier molecular flexibility index (Phi) is 13.8. The molecule has 0 saturated heterocycles. The van der Waals surface area contributed by atoms with Gasteiger partial charge in [-0.15, -0.1) is 0 Å². The number of rotatable bonds is 12. The minimum absolute atomic E-state index is 0.00938. The molecule has 14 heteroatoms. The van der Waals surface area contributed by atoms with E-state index in [1.807, 2.05) is 30.3 Å². The quantitative estimate of drug-likeness (QED) is 0.176. The van der Waals surface area contributed by atoms with E-state index >= 15 is 0 Å². The predicted molar refractivity (Wildman–Crippen MR) is 168 cm³/mol. The molecule has 3 amide bonds. The maximum Gasteiger partial charge on any atom is 0.435 e. The van der Waals surface area contributed by atoms with Gasteiger partial charge >= 0.3 is 12.2 Å². The summed E-state index contributed by atoms with van der Waals surface area (Å²) in [5, 5.41) is 8.27. The van der Waals surface area contributed by atoms with Crippen molar-refractivity contribution in [2.45, 2.75) is 79.1 Å². The molecule has 1 heterocycles. The van der Waals surface area contributed by atoms with Crippen molar-refractivity contribution >= 4 is 41.3 Å². The zero-order valence-electron chi connectivity index (χ0n) is 26.4. The van der Waals surface area contributed by atoms with Gasteiger partial charge in [0, 0.05) is 19.5 Å². The monoisotopic (exact) mass is 634 g/mol. The average Bonchev–Trinajstić information content (AvgIpc) is 2.89. The zero-order chi connectivity index (χ0) is 32.9. The fourth-order valence-electron chi connectivity index (χ4n) is 3.59. The third-order valence-corrected chi connectivity index (χ3v) is 5.89. The van der Waals surface area contributed by atoms with Crippen molar-refractivity contribution in [3.05, 3.63) is 57.1 Å². The van der Waals surface area contributed by atoms with E-state index < -0.39 is 34.9 Å². The Balaban J connectivity index is 1.87. The first-order valence-electron chi connectivity index (χ1n) is 14.2. The van der Waals surface area contributed by atoms with Gasteiger partial charge in [-0.05, 0) is 60.5 Å². The molecule has 44 heavy (non-hydrogen) atoms. The SMILES string of the molecule is Cc1c(Cl)nc(NCCc2ccccc2)c(=O)n1CC(=O)NCCOCCC(=NC(=O)OC(C)(C)C)NC(=O)OC(C)(C)C. The highest BCUT2D eigenvalue weighted by molar-refractivity contribution is 6.30. The molecule has 0 atom stereocenters. The van der Waals surface area contributed by atoms with Gasteiger partial charge in [-0.2, -0.15) is 4.99 Å². The molecular weight excluding hydrogens is 592 g/mol. The summed E-state index contributed by atoms with van der Waals surface area (Å²) in [6.07, 6.45) is -0.897. The van der Waals surface area contributed by atoms with Crippen molar-refractivity contribution in [2.24, 2.45) is 4.99 Å². The molecule has 0 bridgehead atoms. The number of amidine groups is 1. The Bertz CT molecular complexity index is 1360. The van der Waals surface area contributed by atoms with E-state index in [4.69, 9.17) is 25.8 Å². The van der Waals surface area contributed by atoms with Gasteiger partial charge < -0.3 is 24.8 Å². The van der Waals surface area contributed by atoms with Crippen molar-refractivity contribution in [1.29, 1.82) is 0 Å². The predicted octanol–water partition coefficient (Wildman–Crippen LogP) is 4.24. The molecule has 0 fully saturated rings. The first-order valence-corrected chi connectivity index (χ1v) is 14.6. The molecule has 0 saturated carbocycles. The summed E-state index contributed by atoms with van der Waals surface area (Å²) in [7, 11) is 0. The van der Waals surface area contributed by atoms with Crippen LogP contribution in [0.15, 0.2) is 40.1 Å². The van der Waals surface area contributed by atoms with E-state index in [9.17, 15) is 19.2 Å². The first-order chi connectivity index (χ1) is 20.5. The molecule has 0 radical (unpaired) electrons. The van der Waals surface area contributed by atoms with Crippen molar-refractivity contribution in [2.75, 3.05) is 31.6 Å². The number of hydrogen-bond acceptors (Lipinski definition) is 9. The number of carbonyl (C=O) groups excluding carboxylic acids is 3. The summed E-state index contributed by atoms with van der Waals surface area (Å²) < 4.78 is 17.2. The third-order valence-electron chi connectivity index (χ3n) is 5.53. The van der Waals surface area contributed by atoms with Gasteiger partial charge in [0.15, 0.2) is 11.0 Å². The maximum atomic E-state index is 13.0. The fourth-order valence-corrected chi connectivity index (χ4v) is 3.78. The number of alkyl carbamates (subject to hydrolysis) is 1. The van der Waals surface area contributed by atoms with Gasteiger partial charge in [-0.25, -0.2) is 14.6 Å². The summed E-state index contributed by atoms with van der Waals surface area (Å²) in [4.78, 5) is 58.0. The lowest BCUT2D eigenvalue weighted by molar-refractivity contribution is -0.122. The van der Waals surface area contributed by atoms with E-state index in [1.165, 1.54) is 4.57 Å². The number of benzene rings is 1. The van der Waals surface area contributed by atoms with Gasteiger partial charge in [-0.3, -0.25) is 19.5 Å². The van der Waals surface area contributed by atoms with Gasteiger partial charge in [0.2, 0.25) is 5.91 Å². The Morgan fingerprint density at radius 2 is 1.64 bits per heavy atom. The number of carbonyl (C=O) groups is 3. The molecule has 13 nitrogen and oxygen atoms in total. The van der Waals surface area contributed by atoms with Crippen LogP contribution in [0.4, 0.5) is 15.4 Å². The lowest BCUT2D eigenvalue weighted by atomic mass is 10.1. The maximum absolute atomic E-state index is 13.0. The summed E-state index contributed by atoms with van der Waals surface area (Å²) in [6, 6.07) is 9.78. The number of nitrogens with zero attached hydrogens (tertiary/aromatic N) is 3. The second-order valence-corrected chi connectivity index (χ2v) is 12.1. The van der Waals surface area contributed by atoms with Gasteiger partial charge in [0.25, 0.3) is 5.56 Å². The number of amides is 3. The summed E-state index contributed by atoms with van der Waals surface area (Å²) in [5.74, 6) is -0.346. The molecule has 1 aromatic carbocycles. The standard InChI is InChI=1S/C30H43ClN6O7/c1-20-24(31)36-25(33-15-13-21-11-9-8-10-12-21)26(39)37(20)19-23(38)32-16-18-42-17-14-22(34-27(40)43-29(2,3)4)35-28(41)44-30(5,6)7/h8-12H,13-19H2,1-7H3,(H,32,38)(H,33,36)(H,34,35,40,41). The molecule has 242 valence electrons. The van der Waals surface area contributed by atoms with E-state index in [2.05, 4.69) is 25.9 Å². The number of anilines is 1. The number of nitrogens with one attached hydrogen (secondary N) is 3. The first kappa shape index (κ1) is 36.2. The molecule has 0 aliphatic rings. The smallest absolute Gasteiger partial charge is 0.435 e. The highest BCUT2D eigenvalue weighted by Crippen LogP contribution is 2.13. The van der Waals surface area contributed by atoms with Crippen molar-refractivity contribution in [3.8, 4) is 0 Å². The van der Waals surface area contributed by atoms with Crippen LogP contribution in [0, 0.1) is 6.92 Å². The Hall–Kier alpha value is -3.97. The summed E-state index contributed by atoms with van der Waals surface area (Å²) in [5.41, 5.74) is -0.503. The number of hydrogen-bond donors (Lipinski definition) is 3. The molecule has 0 unspecified atom stereocenters. The molecule has 0 aliphatic heterocycles. The second kappa shape index (κ2) is 16.8. The van der Waals surface area contributed by atoms with Crippen LogP contribution < -0.4 is 21.5 Å². The van der Waals surface area contributed by atoms with Crippen LogP contribution >= 0.6 is 11.6 Å². The van der Waals surface area contributed by atoms with Crippen molar-refractivity contribution in [3.63, 3.8) is 0 Å². The Morgan fingerprint density at radius 1 is 0.977 bits per heavy atom. The minimum atomic E-state index is -0.868. The van der Waals surface area contributed by atoms with Crippen LogP contribution in [0.3, 0.4) is 0 Å². The Morgan fingerprint density at radius 3 is 2.27 bits per heavy atom. The Labute approximate surface area is 262 Å². The highest BCUT2D eigenvalue weighted by Gasteiger charge is 2.20. The van der Waals surface area contributed by atoms with Crippen molar-refractivity contribution < 1.29 is 28.6 Å². The van der Waals surface area contributed by atoms with Crippen LogP contribution in [-0.4, -0.2) is 71.0 Å². The van der Waals surface area contributed by atoms with E-state index in [-0.39, 0.29) is 49.5 Å². The van der Waals surface area contributed by atoms with Crippen LogP contribution in [0.25, 0.3) is 0 Å².